The molecule has 7 nitrogen and oxygen atoms in total. The van der Waals surface area contributed by atoms with Crippen LogP contribution in [0.1, 0.15) is 108 Å². The first kappa shape index (κ1) is 38.6. The molecule has 52 heavy (non-hydrogen) atoms. The molecule has 2 aromatic carbocycles. The normalized spacial score (nSPS) is 19.8. The van der Waals surface area contributed by atoms with Crippen molar-refractivity contribution < 1.29 is 14.7 Å². The Bertz CT molecular complexity index is 1980. The third-order valence-corrected chi connectivity index (χ3v) is 13.9. The van der Waals surface area contributed by atoms with E-state index in [2.05, 4.69) is 54.3 Å². The average molecular weight is 776 g/mol. The van der Waals surface area contributed by atoms with Gasteiger partial charge in [-0.15, -0.1) is 23.1 Å². The van der Waals surface area contributed by atoms with Crippen LogP contribution in [0, 0.1) is 0 Å². The van der Waals surface area contributed by atoms with Gasteiger partial charge in [-0.05, 0) is 85.0 Å². The number of fused-ring (bicyclic) bond motifs is 3. The number of aromatic nitrogens is 1. The van der Waals surface area contributed by atoms with Crippen LogP contribution in [0.5, 0.6) is 0 Å². The zero-order valence-corrected chi connectivity index (χ0v) is 33.4. The van der Waals surface area contributed by atoms with Crippen molar-refractivity contribution in [1.82, 2.24) is 9.47 Å². The Morgan fingerprint density at radius 2 is 1.73 bits per heavy atom. The van der Waals surface area contributed by atoms with E-state index in [0.717, 1.165) is 35.1 Å². The van der Waals surface area contributed by atoms with Crippen LogP contribution in [0.15, 0.2) is 58.2 Å². The number of amides is 1. The number of benzene rings is 2. The van der Waals surface area contributed by atoms with Crippen molar-refractivity contribution >= 4 is 91.7 Å². The number of anilines is 2. The number of thiocarbonyl (C=S) groups is 1. The van der Waals surface area contributed by atoms with Crippen LogP contribution in [-0.2, 0) is 16.1 Å². The number of hydrogen-bond acceptors (Lipinski definition) is 8. The van der Waals surface area contributed by atoms with E-state index in [1.54, 1.807) is 6.08 Å². The highest BCUT2D eigenvalue weighted by atomic mass is 32.2. The molecule has 1 amide bonds. The van der Waals surface area contributed by atoms with Gasteiger partial charge in [0.1, 0.15) is 20.4 Å². The number of nitrogens with zero attached hydrogens (tertiary/aromatic N) is 3. The topological polar surface area (TPSA) is 82.8 Å². The first-order valence-electron chi connectivity index (χ1n) is 18.8. The predicted octanol–water partition coefficient (Wildman–Crippen LogP) is 8.89. The standard InChI is InChI=1S/C41H49N3O4S4/c1-3-5-6-7-8-9-10-11-25-50-30-21-19-29(20-22-30)44-33-16-13-15-31(33)32-26-28(18-23-34(32)44)14-12-17-35-38(47)43(27-36(45)46)40(51-35)37-39(48)42(24-4-2)41(49)52-37/h12,14,17-23,26,31,33H,3-11,13,15-16,24-25,27H2,1-2H3,(H,45,46). The molecule has 3 heterocycles. The summed E-state index contributed by atoms with van der Waals surface area (Å²) in [6.45, 7) is 4.19. The van der Waals surface area contributed by atoms with Crippen molar-refractivity contribution in [2.75, 3.05) is 17.2 Å². The Balaban J connectivity index is 1.16. The molecule has 0 radical (unpaired) electrons. The fourth-order valence-electron chi connectivity index (χ4n) is 7.61. The molecule has 1 saturated carbocycles. The lowest BCUT2D eigenvalue weighted by Crippen LogP contribution is -2.35. The first-order chi connectivity index (χ1) is 25.3. The van der Waals surface area contributed by atoms with Gasteiger partial charge in [-0.25, -0.2) is 0 Å². The second kappa shape index (κ2) is 18.3. The highest BCUT2D eigenvalue weighted by molar-refractivity contribution is 8.30. The maximum absolute atomic E-state index is 13.4. The van der Waals surface area contributed by atoms with Crippen molar-refractivity contribution in [3.05, 3.63) is 79.2 Å². The number of rotatable bonds is 17. The van der Waals surface area contributed by atoms with E-state index in [-0.39, 0.29) is 5.91 Å². The molecule has 2 aliphatic heterocycles. The van der Waals surface area contributed by atoms with E-state index in [1.165, 1.54) is 108 Å². The van der Waals surface area contributed by atoms with Crippen molar-refractivity contribution in [3.63, 3.8) is 0 Å². The predicted molar refractivity (Wildman–Crippen MR) is 223 cm³/mol. The quantitative estimate of drug-likeness (QED) is 0.0828. The smallest absolute Gasteiger partial charge is 0.323 e. The summed E-state index contributed by atoms with van der Waals surface area (Å²) in [6.07, 6.45) is 20.7. The molecule has 1 aliphatic carbocycles. The van der Waals surface area contributed by atoms with E-state index in [1.807, 2.05) is 30.8 Å². The largest absolute Gasteiger partial charge is 0.480 e. The van der Waals surface area contributed by atoms with E-state index < -0.39 is 18.1 Å². The van der Waals surface area contributed by atoms with Gasteiger partial charge in [0.25, 0.3) is 11.5 Å². The van der Waals surface area contributed by atoms with Gasteiger partial charge < -0.3 is 10.0 Å². The fourth-order valence-corrected chi connectivity index (χ4v) is 11.0. The summed E-state index contributed by atoms with van der Waals surface area (Å²) >= 11 is 9.65. The number of carboxylic acid groups (broad SMARTS) is 1. The Morgan fingerprint density at radius 3 is 2.46 bits per heavy atom. The fraction of sp³-hybridized carbons (Fsp3) is 0.463. The minimum absolute atomic E-state index is 0.277. The Labute approximate surface area is 324 Å². The summed E-state index contributed by atoms with van der Waals surface area (Å²) in [5.74, 6) is 0.244. The number of aliphatic carboxylic acids is 1. The maximum atomic E-state index is 13.4. The number of hydrogen-bond donors (Lipinski definition) is 1. The number of carboxylic acids is 1. The highest BCUT2D eigenvalue weighted by Crippen LogP contribution is 2.52. The number of thiazole rings is 1. The van der Waals surface area contributed by atoms with E-state index in [4.69, 9.17) is 12.2 Å². The van der Waals surface area contributed by atoms with Gasteiger partial charge in [-0.2, -0.15) is 0 Å². The van der Waals surface area contributed by atoms with Crippen LogP contribution in [0.2, 0.25) is 0 Å². The zero-order valence-electron chi connectivity index (χ0n) is 30.2. The molecule has 0 bridgehead atoms. The van der Waals surface area contributed by atoms with E-state index >= 15 is 0 Å². The summed E-state index contributed by atoms with van der Waals surface area (Å²) in [5, 5.41) is 9.55. The zero-order chi connectivity index (χ0) is 36.6. The second-order valence-electron chi connectivity index (χ2n) is 13.8. The summed E-state index contributed by atoms with van der Waals surface area (Å²) in [4.78, 5) is 43.9. The van der Waals surface area contributed by atoms with Crippen LogP contribution >= 0.6 is 47.1 Å². The molecule has 1 aromatic heterocycles. The van der Waals surface area contributed by atoms with Gasteiger partial charge in [-0.1, -0.05) is 107 Å². The van der Waals surface area contributed by atoms with E-state index in [9.17, 15) is 19.5 Å². The Kier molecular flexibility index (Phi) is 13.6. The molecule has 2 unspecified atom stereocenters. The Morgan fingerprint density at radius 1 is 0.981 bits per heavy atom. The van der Waals surface area contributed by atoms with Crippen molar-refractivity contribution in [2.24, 2.45) is 0 Å². The molecular formula is C41H49N3O4S4. The molecule has 0 spiro atoms. The van der Waals surface area contributed by atoms with Gasteiger partial charge >= 0.3 is 5.97 Å². The third kappa shape index (κ3) is 8.80. The molecule has 2 atom stereocenters. The van der Waals surface area contributed by atoms with Crippen LogP contribution in [0.3, 0.4) is 0 Å². The van der Waals surface area contributed by atoms with Crippen LogP contribution in [0.4, 0.5) is 11.4 Å². The Hall–Kier alpha value is -3.12. The molecule has 3 aromatic rings. The lowest BCUT2D eigenvalue weighted by molar-refractivity contribution is -0.137. The van der Waals surface area contributed by atoms with Gasteiger partial charge in [0.05, 0.1) is 4.53 Å². The molecule has 1 saturated heterocycles. The number of allylic oxidation sites excluding steroid dienone is 1. The van der Waals surface area contributed by atoms with Gasteiger partial charge in [-0.3, -0.25) is 23.9 Å². The second-order valence-corrected chi connectivity index (χ2v) is 17.7. The van der Waals surface area contributed by atoms with Crippen molar-refractivity contribution in [1.29, 1.82) is 0 Å². The minimum Gasteiger partial charge on any atom is -0.480 e. The van der Waals surface area contributed by atoms with Gasteiger partial charge in [0, 0.05) is 34.8 Å². The first-order valence-corrected chi connectivity index (χ1v) is 21.9. The highest BCUT2D eigenvalue weighted by Gasteiger charge is 2.42. The summed E-state index contributed by atoms with van der Waals surface area (Å²) in [7, 11) is 0. The van der Waals surface area contributed by atoms with Crippen LogP contribution in [-0.4, -0.2) is 49.1 Å². The molecular weight excluding hydrogens is 727 g/mol. The monoisotopic (exact) mass is 775 g/mol. The lowest BCUT2D eigenvalue weighted by atomic mass is 9.96. The number of thioether (sulfide) groups is 2. The van der Waals surface area contributed by atoms with Crippen molar-refractivity contribution in [3.8, 4) is 0 Å². The van der Waals surface area contributed by atoms with E-state index in [0.29, 0.717) is 36.9 Å². The molecule has 1 N–H and O–H groups in total. The molecule has 276 valence electrons. The number of unbranched alkanes of at least 4 members (excludes halogenated alkanes) is 7. The molecule has 6 rings (SSSR count). The van der Waals surface area contributed by atoms with Crippen molar-refractivity contribution in [2.45, 2.75) is 114 Å². The summed E-state index contributed by atoms with van der Waals surface area (Å²) < 4.78 is 2.31. The number of carbonyl (C=O) groups is 2. The third-order valence-electron chi connectivity index (χ3n) is 10.1. The average Bonchev–Trinajstić information content (AvgIpc) is 3.88. The van der Waals surface area contributed by atoms with Gasteiger partial charge in [0.2, 0.25) is 0 Å². The molecule has 11 heteroatoms. The molecule has 2 fully saturated rings. The molecule has 3 aliphatic rings. The van der Waals surface area contributed by atoms with Gasteiger partial charge in [0.15, 0.2) is 0 Å². The SMILES string of the molecule is CCCCCCCCCCSc1ccc(N2c3ccc(C=CC=c4sc(=C5SC(=S)N(CCC)C5=O)n(CC(=O)O)c4=O)cc3C3CCCC32)cc1. The summed E-state index contributed by atoms with van der Waals surface area (Å²) in [5.41, 5.74) is 4.53. The maximum Gasteiger partial charge on any atom is 0.323 e. The lowest BCUT2D eigenvalue weighted by Gasteiger charge is -2.27. The van der Waals surface area contributed by atoms with Crippen LogP contribution in [0.25, 0.3) is 17.1 Å². The minimum atomic E-state index is -1.14. The van der Waals surface area contributed by atoms with Crippen LogP contribution < -0.4 is 19.7 Å². The number of carbonyl (C=O) groups excluding carboxylic acids is 1. The summed E-state index contributed by atoms with van der Waals surface area (Å²) in [6, 6.07) is 16.3.